The second-order valence-electron chi connectivity index (χ2n) is 8.57. The molecule has 2 amide bonds. The van der Waals surface area contributed by atoms with Crippen molar-refractivity contribution in [2.24, 2.45) is 5.92 Å². The van der Waals surface area contributed by atoms with Crippen molar-refractivity contribution < 1.29 is 23.1 Å². The summed E-state index contributed by atoms with van der Waals surface area (Å²) in [5.41, 5.74) is 0.667. The van der Waals surface area contributed by atoms with Gasteiger partial charge in [0.2, 0.25) is 10.0 Å². The first-order chi connectivity index (χ1) is 15.6. The van der Waals surface area contributed by atoms with Crippen LogP contribution in [-0.4, -0.2) is 74.2 Å². The van der Waals surface area contributed by atoms with E-state index in [1.54, 1.807) is 31.0 Å². The molecule has 2 rings (SSSR count). The van der Waals surface area contributed by atoms with Crippen molar-refractivity contribution in [3.05, 3.63) is 23.8 Å². The minimum Gasteiger partial charge on any atom is -0.487 e. The summed E-state index contributed by atoms with van der Waals surface area (Å²) in [6.07, 6.45) is 2.05. The zero-order chi connectivity index (χ0) is 24.6. The molecule has 2 N–H and O–H groups in total. The molecule has 1 aromatic carbocycles. The van der Waals surface area contributed by atoms with E-state index in [-0.39, 0.29) is 42.3 Å². The number of urea groups is 1. The van der Waals surface area contributed by atoms with Crippen LogP contribution in [0.5, 0.6) is 5.75 Å². The van der Waals surface area contributed by atoms with Crippen LogP contribution in [0.4, 0.5) is 4.79 Å². The van der Waals surface area contributed by atoms with Gasteiger partial charge in [-0.15, -0.1) is 0 Å². The van der Waals surface area contributed by atoms with Crippen molar-refractivity contribution in [1.29, 1.82) is 0 Å². The number of nitrogens with one attached hydrogen (secondary N) is 1. The molecule has 3 atom stereocenters. The van der Waals surface area contributed by atoms with Gasteiger partial charge in [0.05, 0.1) is 13.2 Å². The van der Waals surface area contributed by atoms with E-state index in [2.05, 4.69) is 17.2 Å². The zero-order valence-corrected chi connectivity index (χ0v) is 21.1. The van der Waals surface area contributed by atoms with E-state index in [1.807, 2.05) is 20.8 Å². The monoisotopic (exact) mass is 479 g/mol. The van der Waals surface area contributed by atoms with Crippen LogP contribution < -0.4 is 10.1 Å². The molecule has 8 nitrogen and oxygen atoms in total. The highest BCUT2D eigenvalue weighted by atomic mass is 32.2. The Kier molecular flexibility index (Phi) is 10.0. The average molecular weight is 480 g/mol. The Morgan fingerprint density at radius 1 is 1.36 bits per heavy atom. The van der Waals surface area contributed by atoms with Crippen molar-refractivity contribution in [3.63, 3.8) is 0 Å². The fourth-order valence-electron chi connectivity index (χ4n) is 3.53. The van der Waals surface area contributed by atoms with Gasteiger partial charge in [0.1, 0.15) is 16.7 Å². The van der Waals surface area contributed by atoms with Gasteiger partial charge in [-0.25, -0.2) is 13.2 Å². The highest BCUT2D eigenvalue weighted by Crippen LogP contribution is 2.34. The van der Waals surface area contributed by atoms with Crippen LogP contribution in [0.3, 0.4) is 0 Å². The largest absolute Gasteiger partial charge is 0.487 e. The maximum atomic E-state index is 13.5. The normalized spacial score (nSPS) is 20.8. The Bertz CT molecular complexity index is 970. The first kappa shape index (κ1) is 27.0. The molecule has 184 valence electrons. The van der Waals surface area contributed by atoms with Crippen LogP contribution in [0.2, 0.25) is 0 Å². The van der Waals surface area contributed by atoms with Crippen molar-refractivity contribution in [2.45, 2.75) is 64.0 Å². The number of aliphatic hydroxyl groups is 1. The molecule has 1 aromatic rings. The van der Waals surface area contributed by atoms with E-state index in [9.17, 15) is 18.3 Å². The third-order valence-electron chi connectivity index (χ3n) is 5.60. The fourth-order valence-corrected chi connectivity index (χ4v) is 5.36. The Morgan fingerprint density at radius 3 is 2.73 bits per heavy atom. The van der Waals surface area contributed by atoms with Gasteiger partial charge in [-0.3, -0.25) is 0 Å². The van der Waals surface area contributed by atoms with Gasteiger partial charge in [0, 0.05) is 44.1 Å². The molecule has 33 heavy (non-hydrogen) atoms. The summed E-state index contributed by atoms with van der Waals surface area (Å²) < 4.78 is 34.5. The maximum absolute atomic E-state index is 13.5. The highest BCUT2D eigenvalue weighted by Gasteiger charge is 2.38. The summed E-state index contributed by atoms with van der Waals surface area (Å²) in [4.78, 5) is 14.0. The zero-order valence-electron chi connectivity index (χ0n) is 20.3. The second-order valence-corrected chi connectivity index (χ2v) is 10.4. The molecule has 0 fully saturated rings. The first-order valence-corrected chi connectivity index (χ1v) is 13.0. The number of unbranched alkanes of at least 4 members (excludes halogenated alkanes) is 1. The van der Waals surface area contributed by atoms with Crippen LogP contribution in [0, 0.1) is 17.8 Å². The van der Waals surface area contributed by atoms with Crippen molar-refractivity contribution >= 4 is 16.1 Å². The number of amides is 2. The molecule has 0 aliphatic carbocycles. The lowest BCUT2D eigenvalue weighted by Gasteiger charge is -2.37. The second kappa shape index (κ2) is 12.3. The average Bonchev–Trinajstić information content (AvgIpc) is 2.79. The Labute approximate surface area is 198 Å². The highest BCUT2D eigenvalue weighted by molar-refractivity contribution is 7.89. The molecule has 1 aliphatic rings. The van der Waals surface area contributed by atoms with E-state index in [1.165, 1.54) is 10.4 Å². The third-order valence-corrected chi connectivity index (χ3v) is 7.62. The molecular formula is C24H37N3O5S. The lowest BCUT2D eigenvalue weighted by atomic mass is 10.0. The van der Waals surface area contributed by atoms with Gasteiger partial charge in [-0.2, -0.15) is 4.31 Å². The summed E-state index contributed by atoms with van der Waals surface area (Å²) in [6, 6.07) is 4.04. The van der Waals surface area contributed by atoms with Crippen LogP contribution in [0.1, 0.15) is 52.5 Å². The summed E-state index contributed by atoms with van der Waals surface area (Å²) in [6.45, 7) is 8.32. The maximum Gasteiger partial charge on any atom is 0.317 e. The first-order valence-electron chi connectivity index (χ1n) is 11.6. The van der Waals surface area contributed by atoms with Gasteiger partial charge >= 0.3 is 6.03 Å². The number of sulfonamides is 1. The van der Waals surface area contributed by atoms with Gasteiger partial charge in [0.15, 0.2) is 0 Å². The molecule has 0 saturated carbocycles. The molecule has 1 aliphatic heterocycles. The number of fused-ring (bicyclic) bond motifs is 1. The van der Waals surface area contributed by atoms with Crippen molar-refractivity contribution in [1.82, 2.24) is 14.5 Å². The number of likely N-dealkylation sites (N-methyl/N-ethyl adjacent to an activating group) is 1. The van der Waals surface area contributed by atoms with E-state index < -0.39 is 22.2 Å². The SMILES string of the molecule is CCCC#Cc1ccc2c(c1)O[C@@H](CN(C)C(=O)NCCC)[C@H](C)CN([C@@H](C)CO)S2(=O)=O. The fraction of sp³-hybridized carbons (Fsp3) is 0.625. The number of rotatable bonds is 7. The minimum absolute atomic E-state index is 0.0406. The number of benzene rings is 1. The number of ether oxygens (including phenoxy) is 1. The predicted molar refractivity (Wildman–Crippen MR) is 129 cm³/mol. The molecule has 9 heteroatoms. The predicted octanol–water partition coefficient (Wildman–Crippen LogP) is 2.66. The number of hydrogen-bond donors (Lipinski definition) is 2. The van der Waals surface area contributed by atoms with E-state index in [4.69, 9.17) is 4.74 Å². The number of nitrogens with zero attached hydrogens (tertiary/aromatic N) is 2. The summed E-state index contributed by atoms with van der Waals surface area (Å²) >= 11 is 0. The Hall–Kier alpha value is -2.28. The third kappa shape index (κ3) is 6.85. The van der Waals surface area contributed by atoms with Gasteiger partial charge in [0.25, 0.3) is 0 Å². The smallest absolute Gasteiger partial charge is 0.317 e. The van der Waals surface area contributed by atoms with Crippen molar-refractivity contribution in [2.75, 3.05) is 33.3 Å². The Balaban J connectivity index is 2.48. The topological polar surface area (TPSA) is 99.2 Å². The van der Waals surface area contributed by atoms with Crippen LogP contribution >= 0.6 is 0 Å². The van der Waals surface area contributed by atoms with Crippen LogP contribution in [0.25, 0.3) is 0 Å². The molecule has 0 unspecified atom stereocenters. The molecular weight excluding hydrogens is 442 g/mol. The molecule has 0 radical (unpaired) electrons. The lowest BCUT2D eigenvalue weighted by Crippen LogP contribution is -2.51. The molecule has 0 aromatic heterocycles. The van der Waals surface area contributed by atoms with E-state index in [0.29, 0.717) is 12.1 Å². The van der Waals surface area contributed by atoms with Gasteiger partial charge in [-0.1, -0.05) is 32.6 Å². The lowest BCUT2D eigenvalue weighted by molar-refractivity contribution is 0.0812. The van der Waals surface area contributed by atoms with E-state index >= 15 is 0 Å². The van der Waals surface area contributed by atoms with Gasteiger partial charge in [-0.05, 0) is 38.0 Å². The molecule has 0 saturated heterocycles. The number of carbonyl (C=O) groups excluding carboxylic acids is 1. The number of hydrogen-bond acceptors (Lipinski definition) is 5. The quantitative estimate of drug-likeness (QED) is 0.586. The summed E-state index contributed by atoms with van der Waals surface area (Å²) in [7, 11) is -2.21. The van der Waals surface area contributed by atoms with Crippen LogP contribution in [-0.2, 0) is 10.0 Å². The van der Waals surface area contributed by atoms with Gasteiger partial charge < -0.3 is 20.1 Å². The standard InChI is InChI=1S/C24H37N3O5S/c1-6-8-9-10-20-11-12-23-21(14-20)32-22(16-26(5)24(29)25-13-7-2)18(3)15-27(19(4)17-28)33(23,30)31/h11-12,14,18-19,22,28H,6-8,13,15-17H2,1-5H3,(H,25,29)/t18-,19+,22+/m1/s1. The van der Waals surface area contributed by atoms with Crippen LogP contribution in [0.15, 0.2) is 23.1 Å². The summed E-state index contributed by atoms with van der Waals surface area (Å²) in [5, 5.41) is 12.6. The number of carbonyl (C=O) groups is 1. The Morgan fingerprint density at radius 2 is 2.09 bits per heavy atom. The molecule has 0 bridgehead atoms. The van der Waals surface area contributed by atoms with Crippen molar-refractivity contribution in [3.8, 4) is 17.6 Å². The summed E-state index contributed by atoms with van der Waals surface area (Å²) in [5.74, 6) is 6.11. The minimum atomic E-state index is -3.90. The molecule has 1 heterocycles. The van der Waals surface area contributed by atoms with E-state index in [0.717, 1.165) is 19.3 Å². The molecule has 0 spiro atoms. The number of aliphatic hydroxyl groups excluding tert-OH is 1.